The van der Waals surface area contributed by atoms with E-state index in [1.165, 1.54) is 30.5 Å². The van der Waals surface area contributed by atoms with Gasteiger partial charge in [0.2, 0.25) is 0 Å². The van der Waals surface area contributed by atoms with Crippen LogP contribution in [0.4, 0.5) is 10.5 Å². The molecule has 1 saturated carbocycles. The Labute approximate surface area is 194 Å². The Morgan fingerprint density at radius 1 is 1.10 bits per heavy atom. The number of rotatable bonds is 4. The van der Waals surface area contributed by atoms with Crippen LogP contribution in [0.15, 0.2) is 18.2 Å². The van der Waals surface area contributed by atoms with Gasteiger partial charge in [-0.25, -0.2) is 4.79 Å². The molecular weight excluding hydrogens is 410 g/mol. The van der Waals surface area contributed by atoms with Crippen LogP contribution in [-0.4, -0.2) is 55.4 Å². The fourth-order valence-electron chi connectivity index (χ4n) is 4.11. The molecule has 3 rings (SSSR count). The van der Waals surface area contributed by atoms with Crippen LogP contribution in [0.2, 0.25) is 5.02 Å². The molecule has 0 atom stereocenters. The van der Waals surface area contributed by atoms with E-state index >= 15 is 0 Å². The van der Waals surface area contributed by atoms with Gasteiger partial charge in [-0.15, -0.1) is 0 Å². The quantitative estimate of drug-likeness (QED) is 0.620. The molecule has 0 aromatic heterocycles. The lowest BCUT2D eigenvalue weighted by atomic mass is 9.96. The summed E-state index contributed by atoms with van der Waals surface area (Å²) in [6, 6.07) is 6.71. The van der Waals surface area contributed by atoms with Gasteiger partial charge in [-0.1, -0.05) is 56.8 Å². The first kappa shape index (κ1) is 25.8. The molecule has 176 valence electrons. The highest BCUT2D eigenvalue weighted by atomic mass is 35.5. The Balaban J connectivity index is 0.000000225. The fourth-order valence-corrected chi connectivity index (χ4v) is 4.49. The first-order valence-corrected chi connectivity index (χ1v) is 12.4. The summed E-state index contributed by atoms with van der Waals surface area (Å²) in [5, 5.41) is 3.86. The molecule has 5 nitrogen and oxygen atoms in total. The summed E-state index contributed by atoms with van der Waals surface area (Å²) in [6.07, 6.45) is 6.66. The van der Waals surface area contributed by atoms with Crippen molar-refractivity contribution < 1.29 is 9.53 Å². The molecule has 1 aromatic carbocycles. The second kappa shape index (κ2) is 12.5. The summed E-state index contributed by atoms with van der Waals surface area (Å²) >= 11 is 6.46. The Morgan fingerprint density at radius 3 is 2.29 bits per heavy atom. The number of piperazine rings is 1. The average molecular weight is 452 g/mol. The van der Waals surface area contributed by atoms with Gasteiger partial charge in [-0.3, -0.25) is 0 Å². The van der Waals surface area contributed by atoms with Crippen LogP contribution in [0.25, 0.3) is 0 Å². The summed E-state index contributed by atoms with van der Waals surface area (Å²) < 4.78 is 5.19. The zero-order valence-corrected chi connectivity index (χ0v) is 20.9. The lowest BCUT2D eigenvalue weighted by Gasteiger charge is -2.36. The number of nitrogens with zero attached hydrogens (tertiary/aromatic N) is 2. The number of likely N-dealkylation sites (N-methyl/N-ethyl adjacent to an activating group) is 1. The third-order valence-electron chi connectivity index (χ3n) is 5.93. The lowest BCUT2D eigenvalue weighted by Crippen LogP contribution is -2.46. The molecule has 31 heavy (non-hydrogen) atoms. The molecule has 0 bridgehead atoms. The number of anilines is 1. The van der Waals surface area contributed by atoms with Gasteiger partial charge >= 0.3 is 6.09 Å². The van der Waals surface area contributed by atoms with Gasteiger partial charge in [0.15, 0.2) is 0 Å². The Kier molecular flexibility index (Phi) is 10.4. The highest BCUT2D eigenvalue weighted by Crippen LogP contribution is 2.30. The van der Waals surface area contributed by atoms with Gasteiger partial charge in [0, 0.05) is 32.2 Å². The van der Waals surface area contributed by atoms with E-state index in [2.05, 4.69) is 47.2 Å². The first-order valence-electron chi connectivity index (χ1n) is 12.0. The minimum atomic E-state index is -0.390. The maximum absolute atomic E-state index is 11.4. The van der Waals surface area contributed by atoms with Crippen molar-refractivity contribution >= 4 is 23.4 Å². The molecule has 1 amide bonds. The van der Waals surface area contributed by atoms with E-state index in [4.69, 9.17) is 16.3 Å². The van der Waals surface area contributed by atoms with Gasteiger partial charge in [0.25, 0.3) is 0 Å². The molecule has 0 unspecified atom stereocenters. The molecule has 1 aliphatic heterocycles. The highest BCUT2D eigenvalue weighted by molar-refractivity contribution is 6.34. The first-order chi connectivity index (χ1) is 14.7. The number of amides is 1. The van der Waals surface area contributed by atoms with Crippen molar-refractivity contribution in [2.45, 2.75) is 84.8 Å². The summed E-state index contributed by atoms with van der Waals surface area (Å²) in [5.74, 6) is 0. The molecule has 2 aliphatic rings. The van der Waals surface area contributed by atoms with Gasteiger partial charge in [0.1, 0.15) is 5.60 Å². The summed E-state index contributed by atoms with van der Waals surface area (Å²) in [7, 11) is 0. The molecule has 0 spiro atoms. The van der Waals surface area contributed by atoms with Crippen molar-refractivity contribution in [1.29, 1.82) is 0 Å². The number of nitrogens with one attached hydrogen (secondary N) is 1. The predicted octanol–water partition coefficient (Wildman–Crippen LogP) is 5.89. The SMILES string of the molecule is CC(C)(C)OC(=O)NC1CCCCC1.CCc1cccc(N2CCN(CC)CC2)c1Cl. The van der Waals surface area contributed by atoms with E-state index in [1.807, 2.05) is 20.8 Å². The van der Waals surface area contributed by atoms with Crippen molar-refractivity contribution in [2.75, 3.05) is 37.6 Å². The van der Waals surface area contributed by atoms with Crippen LogP contribution in [0, 0.1) is 0 Å². The molecule has 2 fully saturated rings. The fraction of sp³-hybridized carbons (Fsp3) is 0.720. The van der Waals surface area contributed by atoms with Gasteiger partial charge < -0.3 is 19.9 Å². The number of aryl methyl sites for hydroxylation is 1. The second-order valence-corrected chi connectivity index (χ2v) is 9.88. The number of carbonyl (C=O) groups is 1. The van der Waals surface area contributed by atoms with Crippen LogP contribution in [0.5, 0.6) is 0 Å². The molecule has 0 radical (unpaired) electrons. The lowest BCUT2D eigenvalue weighted by molar-refractivity contribution is 0.0493. The van der Waals surface area contributed by atoms with Crippen LogP contribution in [0.1, 0.15) is 72.3 Å². The third kappa shape index (κ3) is 8.89. The molecule has 6 heteroatoms. The number of hydrogen-bond donors (Lipinski definition) is 1. The summed E-state index contributed by atoms with van der Waals surface area (Å²) in [5.41, 5.74) is 2.07. The summed E-state index contributed by atoms with van der Waals surface area (Å²) in [4.78, 5) is 16.3. The van der Waals surface area contributed by atoms with Crippen molar-refractivity contribution in [1.82, 2.24) is 10.2 Å². The van der Waals surface area contributed by atoms with E-state index in [-0.39, 0.29) is 6.09 Å². The van der Waals surface area contributed by atoms with E-state index in [0.29, 0.717) is 6.04 Å². The Hall–Kier alpha value is -1.46. The zero-order chi connectivity index (χ0) is 22.9. The van der Waals surface area contributed by atoms with Crippen LogP contribution in [-0.2, 0) is 11.2 Å². The van der Waals surface area contributed by atoms with E-state index < -0.39 is 5.60 Å². The topological polar surface area (TPSA) is 44.8 Å². The monoisotopic (exact) mass is 451 g/mol. The van der Waals surface area contributed by atoms with Gasteiger partial charge in [0.05, 0.1) is 10.7 Å². The molecule has 1 N–H and O–H groups in total. The number of hydrogen-bond acceptors (Lipinski definition) is 4. The maximum Gasteiger partial charge on any atom is 0.407 e. The predicted molar refractivity (Wildman–Crippen MR) is 131 cm³/mol. The maximum atomic E-state index is 11.4. The molecule has 1 heterocycles. The minimum Gasteiger partial charge on any atom is -0.444 e. The second-order valence-electron chi connectivity index (χ2n) is 9.51. The highest BCUT2D eigenvalue weighted by Gasteiger charge is 2.21. The smallest absolute Gasteiger partial charge is 0.407 e. The normalized spacial score (nSPS) is 18.2. The van der Waals surface area contributed by atoms with Crippen LogP contribution < -0.4 is 10.2 Å². The van der Waals surface area contributed by atoms with Crippen molar-refractivity contribution in [3.63, 3.8) is 0 Å². The minimum absolute atomic E-state index is 0.274. The van der Waals surface area contributed by atoms with Crippen molar-refractivity contribution in [3.05, 3.63) is 28.8 Å². The van der Waals surface area contributed by atoms with Crippen LogP contribution in [0.3, 0.4) is 0 Å². The van der Waals surface area contributed by atoms with E-state index in [0.717, 1.165) is 57.0 Å². The standard InChI is InChI=1S/C14H21ClN2.C11H21NO2/c1-3-12-6-5-7-13(14(12)15)17-10-8-16(4-2)9-11-17;1-11(2,3)14-10(13)12-9-7-5-4-6-8-9/h5-7H,3-4,8-11H2,1-2H3;9H,4-8H2,1-3H3,(H,12,13). The van der Waals surface area contributed by atoms with Gasteiger partial charge in [-0.2, -0.15) is 0 Å². The number of alkyl carbamates (subject to hydrolysis) is 1. The largest absolute Gasteiger partial charge is 0.444 e. The molecule has 1 aliphatic carbocycles. The van der Waals surface area contributed by atoms with E-state index in [9.17, 15) is 4.79 Å². The Bertz CT molecular complexity index is 676. The number of carbonyl (C=O) groups excluding carboxylic acids is 1. The third-order valence-corrected chi connectivity index (χ3v) is 6.36. The molecule has 1 aromatic rings. The molecular formula is C25H42ClN3O2. The van der Waals surface area contributed by atoms with Gasteiger partial charge in [-0.05, 0) is 58.2 Å². The number of benzene rings is 1. The zero-order valence-electron chi connectivity index (χ0n) is 20.2. The summed E-state index contributed by atoms with van der Waals surface area (Å²) in [6.45, 7) is 15.6. The number of halogens is 1. The number of ether oxygens (including phenoxy) is 1. The van der Waals surface area contributed by atoms with E-state index in [1.54, 1.807) is 0 Å². The molecule has 1 saturated heterocycles. The van der Waals surface area contributed by atoms with Crippen molar-refractivity contribution in [3.8, 4) is 0 Å². The van der Waals surface area contributed by atoms with Crippen LogP contribution >= 0.6 is 11.6 Å². The average Bonchev–Trinajstić information content (AvgIpc) is 2.74. The van der Waals surface area contributed by atoms with Crippen molar-refractivity contribution in [2.24, 2.45) is 0 Å². The Morgan fingerprint density at radius 2 is 1.74 bits per heavy atom.